The van der Waals surface area contributed by atoms with Gasteiger partial charge in [0.15, 0.2) is 0 Å². The number of amides is 6. The molecule has 0 aliphatic heterocycles. The average Bonchev–Trinajstić information content (AvgIpc) is 0.822. The van der Waals surface area contributed by atoms with E-state index < -0.39 is 152 Å². The number of carbonyl (C=O) groups is 18. The summed E-state index contributed by atoms with van der Waals surface area (Å²) in [5.41, 5.74) is -1.75. The number of aryl methyl sites for hydroxylation is 4. The lowest BCUT2D eigenvalue weighted by molar-refractivity contribution is -0.142. The van der Waals surface area contributed by atoms with Gasteiger partial charge >= 0.3 is 48.2 Å². The van der Waals surface area contributed by atoms with E-state index in [4.69, 9.17) is 20.4 Å². The Labute approximate surface area is 800 Å². The fourth-order valence-electron chi connectivity index (χ4n) is 12.6. The number of alkyl halides is 6. The van der Waals surface area contributed by atoms with Gasteiger partial charge < -0.3 is 62.5 Å². The number of nitrogens with one attached hydrogen (secondary N) is 6. The van der Waals surface area contributed by atoms with E-state index in [1.165, 1.54) is 45.9 Å². The Kier molecular flexibility index (Phi) is 62.8. The lowest BCUT2D eigenvalue weighted by Crippen LogP contribution is -2.41. The molecule has 36 heteroatoms. The highest BCUT2D eigenvalue weighted by Crippen LogP contribution is 2.35. The summed E-state index contributed by atoms with van der Waals surface area (Å²) in [5, 5.41) is 68.1. The molecule has 776 valence electrons. The van der Waals surface area contributed by atoms with Crippen LogP contribution in [0, 0.1) is 46.3 Å². The maximum atomic E-state index is 13.2. The first-order valence-corrected chi connectivity index (χ1v) is 46.6. The van der Waals surface area contributed by atoms with Crippen LogP contribution in [0.4, 0.5) is 26.3 Å². The molecule has 0 bridgehead atoms. The Balaban J connectivity index is -0.000000805. The Morgan fingerprint density at radius 2 is 0.485 bits per heavy atom. The van der Waals surface area contributed by atoms with Crippen LogP contribution < -0.4 is 31.9 Å². The van der Waals surface area contributed by atoms with Crippen LogP contribution in [-0.2, 0) is 111 Å². The van der Waals surface area contributed by atoms with Crippen LogP contribution in [0.25, 0.3) is 0 Å². The van der Waals surface area contributed by atoms with Crippen molar-refractivity contribution >= 4 is 106 Å². The molecule has 0 aliphatic rings. The SMILES string of the molecule is CC(=O)N[C@@H](CCC(=O)C(C)(C)C)C(=O)O.CC(=O)N[C@@H](CCC(=O)C(C)(C)C)C(=O)O.CC(=O)N[C@@H](CCC(=O)C(C)(C)C)C(=O)O.CC(=O)N[C@@H](CCC(=O)C(C)(C)C)C(=O)O.Cc1cc(CCCCCCCCCCC(=O)N[C@@H](CCC(=O)C(C)(C)C)C(=O)O)cc(C(F)(F)F)c1.Cc1ccc(CCCCCCCCCCC(=O)N[C@@H](CCC(=O)C(C)(C)C)C(=O)O)c(C(F)(F)F)c1. The van der Waals surface area contributed by atoms with Crippen molar-refractivity contribution < 1.29 is 143 Å². The molecule has 30 nitrogen and oxygen atoms in total. The van der Waals surface area contributed by atoms with Gasteiger partial charge in [-0.2, -0.15) is 26.3 Å². The van der Waals surface area contributed by atoms with E-state index in [1.807, 2.05) is 6.07 Å². The zero-order valence-corrected chi connectivity index (χ0v) is 84.9. The van der Waals surface area contributed by atoms with Crippen molar-refractivity contribution in [3.63, 3.8) is 0 Å². The van der Waals surface area contributed by atoms with E-state index >= 15 is 0 Å². The molecule has 12 N–H and O–H groups in total. The van der Waals surface area contributed by atoms with Crippen LogP contribution in [0.15, 0.2) is 36.4 Å². The molecule has 2 rings (SSSR count). The van der Waals surface area contributed by atoms with E-state index in [0.29, 0.717) is 42.4 Å². The van der Waals surface area contributed by atoms with Crippen LogP contribution in [-0.4, -0.2) is 173 Å². The summed E-state index contributed by atoms with van der Waals surface area (Å²) in [6, 6.07) is 2.71. The number of rotatable bonds is 52. The molecule has 0 fully saturated rings. The maximum Gasteiger partial charge on any atom is 0.416 e. The minimum atomic E-state index is -4.32. The number of Topliss-reactive ketones (excluding diaryl/α,β-unsaturated/α-hetero) is 6. The highest BCUT2D eigenvalue weighted by Gasteiger charge is 2.36. The van der Waals surface area contributed by atoms with Gasteiger partial charge in [-0.25, -0.2) is 28.8 Å². The standard InChI is InChI=1S/2C28H42F3NO4.4C11H19NO4/c1-20-17-21(19-22(18-20)28(29,30)31)13-11-9-7-5-6-8-10-12-14-25(34)32-23(26(35)36)15-16-24(33)27(2,3)4;1-20-15-16-21(22(19-20)28(29,30)31)13-11-9-7-5-6-8-10-12-14-25(34)32-23(26(35)36)17-18-24(33)27(2,3)4;4*1-7(13)12-8(10(15)16)5-6-9(14)11(2,3)4/h17-19,23H,5-16H2,1-4H3,(H,32,34)(H,35,36);15-16,19,23H,5-14,17-18H2,1-4H3,(H,32,34)(H,35,36);4*8H,5-6H2,1-4H3,(H,12,13)(H,15,16)/t2*23-;4*8-/m000000/s1. The monoisotopic (exact) mass is 1940 g/mol. The van der Waals surface area contributed by atoms with Gasteiger partial charge in [0.2, 0.25) is 35.4 Å². The third-order valence-electron chi connectivity index (χ3n) is 21.2. The van der Waals surface area contributed by atoms with Crippen molar-refractivity contribution in [3.05, 3.63) is 69.8 Å². The number of benzene rings is 2. The van der Waals surface area contributed by atoms with Gasteiger partial charge in [0, 0.05) is 112 Å². The highest BCUT2D eigenvalue weighted by molar-refractivity contribution is 5.91. The summed E-state index contributed by atoms with van der Waals surface area (Å²) in [5.74, 6) is -9.09. The molecule has 0 spiro atoms. The minimum absolute atomic E-state index is 0.0101. The number of aliphatic carboxylic acids is 6. The Morgan fingerprint density at radius 1 is 0.265 bits per heavy atom. The largest absolute Gasteiger partial charge is 0.480 e. The molecular weight excluding hydrogens is 1780 g/mol. The Morgan fingerprint density at radius 3 is 0.699 bits per heavy atom. The van der Waals surface area contributed by atoms with Crippen LogP contribution in [0.5, 0.6) is 0 Å². The molecule has 0 unspecified atom stereocenters. The number of carboxylic acid groups (broad SMARTS) is 6. The lowest BCUT2D eigenvalue weighted by atomic mass is 9.87. The smallest absolute Gasteiger partial charge is 0.416 e. The predicted octanol–water partition coefficient (Wildman–Crippen LogP) is 17.9. The number of hydrogen-bond donors (Lipinski definition) is 12. The van der Waals surface area contributed by atoms with Gasteiger partial charge in [0.1, 0.15) is 71.0 Å². The number of carbonyl (C=O) groups excluding carboxylic acids is 12. The first kappa shape index (κ1) is 132. The average molecular weight is 1940 g/mol. The second kappa shape index (κ2) is 64.7. The summed E-state index contributed by atoms with van der Waals surface area (Å²) >= 11 is 0. The third kappa shape index (κ3) is 67.0. The zero-order chi connectivity index (χ0) is 106. The molecule has 6 amide bonds. The maximum absolute atomic E-state index is 13.2. The van der Waals surface area contributed by atoms with Gasteiger partial charge in [0.05, 0.1) is 11.1 Å². The summed E-state index contributed by atoms with van der Waals surface area (Å²) in [6.45, 7) is 40.4. The van der Waals surface area contributed by atoms with Crippen LogP contribution in [0.2, 0.25) is 0 Å². The molecule has 2 aromatic rings. The second-order valence-electron chi connectivity index (χ2n) is 40.6. The first-order chi connectivity index (χ1) is 62.0. The van der Waals surface area contributed by atoms with Gasteiger partial charge in [-0.15, -0.1) is 0 Å². The van der Waals surface area contributed by atoms with Crippen molar-refractivity contribution in [1.29, 1.82) is 0 Å². The van der Waals surface area contributed by atoms with E-state index in [2.05, 4.69) is 31.9 Å². The van der Waals surface area contributed by atoms with E-state index in [1.54, 1.807) is 151 Å². The summed E-state index contributed by atoms with van der Waals surface area (Å²) in [7, 11) is 0. The van der Waals surface area contributed by atoms with E-state index in [-0.39, 0.29) is 136 Å². The van der Waals surface area contributed by atoms with E-state index in [0.717, 1.165) is 95.5 Å². The molecule has 136 heavy (non-hydrogen) atoms. The van der Waals surface area contributed by atoms with Crippen molar-refractivity contribution in [2.45, 2.75) is 420 Å². The molecule has 0 aromatic heterocycles. The minimum Gasteiger partial charge on any atom is -0.480 e. The quantitative estimate of drug-likeness (QED) is 0.0216. The van der Waals surface area contributed by atoms with Crippen molar-refractivity contribution in [2.75, 3.05) is 0 Å². The van der Waals surface area contributed by atoms with Gasteiger partial charge in [-0.3, -0.25) is 57.5 Å². The highest BCUT2D eigenvalue weighted by atomic mass is 19.4. The topological polar surface area (TPSA) is 501 Å². The fourth-order valence-corrected chi connectivity index (χ4v) is 12.6. The van der Waals surface area contributed by atoms with Gasteiger partial charge in [0.25, 0.3) is 0 Å². The molecule has 2 aromatic carbocycles. The Hall–Kier alpha value is -10.3. The molecule has 6 atom stereocenters. The van der Waals surface area contributed by atoms with Gasteiger partial charge in [-0.05, 0) is 120 Å². The van der Waals surface area contributed by atoms with Gasteiger partial charge in [-0.1, -0.05) is 231 Å². The number of unbranched alkanes of at least 4 members (excludes halogenated alkanes) is 14. The number of carboxylic acids is 6. The predicted molar refractivity (Wildman–Crippen MR) is 505 cm³/mol. The number of ketones is 6. The lowest BCUT2D eigenvalue weighted by Gasteiger charge is -2.19. The zero-order valence-electron chi connectivity index (χ0n) is 84.9. The Bertz CT molecular complexity index is 3930. The molecule has 0 saturated heterocycles. The van der Waals surface area contributed by atoms with Crippen LogP contribution in [0.1, 0.15) is 378 Å². The molecule has 0 radical (unpaired) electrons. The van der Waals surface area contributed by atoms with Crippen molar-refractivity contribution in [3.8, 4) is 0 Å². The summed E-state index contributed by atoms with van der Waals surface area (Å²) in [4.78, 5) is 203. The third-order valence-corrected chi connectivity index (χ3v) is 21.2. The van der Waals surface area contributed by atoms with Crippen molar-refractivity contribution in [1.82, 2.24) is 31.9 Å². The fraction of sp³-hybridized carbons (Fsp3) is 0.700. The second-order valence-corrected chi connectivity index (χ2v) is 40.6. The van der Waals surface area contributed by atoms with Crippen LogP contribution in [0.3, 0.4) is 0 Å². The summed E-state index contributed by atoms with van der Waals surface area (Å²) < 4.78 is 78.4. The normalized spacial score (nSPS) is 12.9. The molecular formula is C100H160F6N6O24. The van der Waals surface area contributed by atoms with Crippen LogP contribution >= 0.6 is 0 Å². The molecule has 0 heterocycles. The summed E-state index contributed by atoms with van der Waals surface area (Å²) in [6.07, 6.45) is 8.88. The molecule has 0 saturated carbocycles. The first-order valence-electron chi connectivity index (χ1n) is 46.6. The van der Waals surface area contributed by atoms with Crippen molar-refractivity contribution in [2.24, 2.45) is 32.5 Å². The van der Waals surface area contributed by atoms with E-state index in [9.17, 15) is 123 Å². The molecule has 0 aliphatic carbocycles. The number of halogens is 6. The number of hydrogen-bond acceptors (Lipinski definition) is 18.